The zero-order chi connectivity index (χ0) is 19.7. The molecule has 8 nitrogen and oxygen atoms in total. The Hall–Kier alpha value is -4.07. The summed E-state index contributed by atoms with van der Waals surface area (Å²) in [7, 11) is 0. The van der Waals surface area contributed by atoms with Crippen LogP contribution in [-0.4, -0.2) is 25.8 Å². The van der Waals surface area contributed by atoms with Crippen LogP contribution in [0.1, 0.15) is 15.9 Å². The second kappa shape index (κ2) is 6.92. The normalized spacial score (nSPS) is 10.8. The smallest absolute Gasteiger partial charge is 0.269 e. The monoisotopic (exact) mass is 373 g/mol. The van der Waals surface area contributed by atoms with Crippen LogP contribution < -0.4 is 5.32 Å². The fourth-order valence-electron chi connectivity index (χ4n) is 2.81. The van der Waals surface area contributed by atoms with E-state index in [2.05, 4.69) is 15.5 Å². The number of anilines is 1. The molecule has 4 aromatic rings. The van der Waals surface area contributed by atoms with Crippen LogP contribution in [0.4, 0.5) is 11.4 Å². The van der Waals surface area contributed by atoms with Gasteiger partial charge in [0.15, 0.2) is 0 Å². The minimum absolute atomic E-state index is 0.0633. The molecular weight excluding hydrogens is 358 g/mol. The number of rotatable bonds is 4. The van der Waals surface area contributed by atoms with E-state index in [0.29, 0.717) is 16.8 Å². The predicted octanol–water partition coefficient (Wildman–Crippen LogP) is 3.89. The van der Waals surface area contributed by atoms with Crippen molar-refractivity contribution in [1.82, 2.24) is 15.0 Å². The number of aryl methyl sites for hydroxylation is 1. The van der Waals surface area contributed by atoms with Crippen LogP contribution in [0, 0.1) is 17.0 Å². The summed E-state index contributed by atoms with van der Waals surface area (Å²) in [5.74, 6) is -0.354. The molecule has 0 aliphatic rings. The molecule has 0 fully saturated rings. The molecule has 0 saturated carbocycles. The summed E-state index contributed by atoms with van der Waals surface area (Å²) in [6, 6.07) is 18.6. The number of carbonyl (C=O) groups is 1. The minimum atomic E-state index is -0.504. The van der Waals surface area contributed by atoms with Crippen LogP contribution >= 0.6 is 0 Å². The highest BCUT2D eigenvalue weighted by Crippen LogP contribution is 2.23. The molecular formula is C20H15N5O3. The van der Waals surface area contributed by atoms with E-state index in [1.54, 1.807) is 10.9 Å². The zero-order valence-corrected chi connectivity index (χ0v) is 14.9. The second-order valence-corrected chi connectivity index (χ2v) is 6.24. The fourth-order valence-corrected chi connectivity index (χ4v) is 2.81. The van der Waals surface area contributed by atoms with Crippen molar-refractivity contribution in [3.05, 3.63) is 88.0 Å². The lowest BCUT2D eigenvalue weighted by Crippen LogP contribution is -2.12. The van der Waals surface area contributed by atoms with E-state index in [-0.39, 0.29) is 11.6 Å². The molecule has 1 amide bonds. The maximum atomic E-state index is 12.5. The first-order valence-corrected chi connectivity index (χ1v) is 8.50. The summed E-state index contributed by atoms with van der Waals surface area (Å²) < 4.78 is 0. The molecule has 0 bridgehead atoms. The maximum Gasteiger partial charge on any atom is 0.269 e. The van der Waals surface area contributed by atoms with Crippen molar-refractivity contribution < 1.29 is 9.72 Å². The quantitative estimate of drug-likeness (QED) is 0.432. The van der Waals surface area contributed by atoms with Gasteiger partial charge >= 0.3 is 0 Å². The van der Waals surface area contributed by atoms with Gasteiger partial charge in [0.05, 0.1) is 10.6 Å². The van der Waals surface area contributed by atoms with Gasteiger partial charge in [-0.05, 0) is 48.9 Å². The average Bonchev–Trinajstić information content (AvgIpc) is 3.11. The Bertz CT molecular complexity index is 1180. The number of benzene rings is 3. The molecule has 4 rings (SSSR count). The van der Waals surface area contributed by atoms with Gasteiger partial charge in [0.2, 0.25) is 0 Å². The summed E-state index contributed by atoms with van der Waals surface area (Å²) in [5.41, 5.74) is 3.92. The summed E-state index contributed by atoms with van der Waals surface area (Å²) in [5, 5.41) is 22.5. The molecule has 0 unspecified atom stereocenters. The number of hydrogen-bond acceptors (Lipinski definition) is 5. The van der Waals surface area contributed by atoms with Gasteiger partial charge in [-0.15, -0.1) is 10.2 Å². The first-order valence-electron chi connectivity index (χ1n) is 8.50. The number of nitro groups is 1. The molecule has 3 aromatic carbocycles. The number of non-ortho nitro benzene ring substituents is 1. The lowest BCUT2D eigenvalue weighted by molar-refractivity contribution is -0.384. The van der Waals surface area contributed by atoms with Crippen molar-refractivity contribution in [2.24, 2.45) is 0 Å². The van der Waals surface area contributed by atoms with Crippen molar-refractivity contribution in [3.63, 3.8) is 0 Å². The van der Waals surface area contributed by atoms with E-state index in [1.807, 2.05) is 43.3 Å². The number of aromatic nitrogens is 3. The summed E-state index contributed by atoms with van der Waals surface area (Å²) in [4.78, 5) is 24.3. The van der Waals surface area contributed by atoms with Gasteiger partial charge in [-0.2, -0.15) is 4.80 Å². The Kier molecular flexibility index (Phi) is 4.29. The van der Waals surface area contributed by atoms with Gasteiger partial charge < -0.3 is 5.32 Å². The van der Waals surface area contributed by atoms with Crippen LogP contribution in [-0.2, 0) is 0 Å². The maximum absolute atomic E-state index is 12.5. The second-order valence-electron chi connectivity index (χ2n) is 6.24. The molecule has 1 aromatic heterocycles. The fraction of sp³-hybridized carbons (Fsp3) is 0.0500. The van der Waals surface area contributed by atoms with Gasteiger partial charge in [-0.3, -0.25) is 14.9 Å². The number of nitro benzene ring substituents is 1. The number of nitrogens with one attached hydrogen (secondary N) is 1. The molecule has 0 radical (unpaired) electrons. The average molecular weight is 373 g/mol. The highest BCUT2D eigenvalue weighted by molar-refractivity contribution is 6.05. The Balaban J connectivity index is 1.62. The minimum Gasteiger partial charge on any atom is -0.322 e. The third kappa shape index (κ3) is 3.30. The molecule has 28 heavy (non-hydrogen) atoms. The van der Waals surface area contributed by atoms with Crippen molar-refractivity contribution in [1.29, 1.82) is 0 Å². The van der Waals surface area contributed by atoms with Gasteiger partial charge in [0.1, 0.15) is 11.0 Å². The number of amides is 1. The van der Waals surface area contributed by atoms with Crippen molar-refractivity contribution in [2.45, 2.75) is 6.92 Å². The molecule has 138 valence electrons. The summed E-state index contributed by atoms with van der Waals surface area (Å²) in [6.07, 6.45) is 0. The van der Waals surface area contributed by atoms with Crippen LogP contribution in [0.2, 0.25) is 0 Å². The molecule has 0 aliphatic heterocycles. The molecule has 0 aliphatic carbocycles. The number of hydrogen-bond donors (Lipinski definition) is 1. The van der Waals surface area contributed by atoms with Crippen LogP contribution in [0.3, 0.4) is 0 Å². The first-order chi connectivity index (χ1) is 13.5. The SMILES string of the molecule is Cc1cc2nn(-c3ccccc3)nc2cc1NC(=O)c1ccc([N+](=O)[O-])cc1. The van der Waals surface area contributed by atoms with E-state index in [0.717, 1.165) is 16.8 Å². The topological polar surface area (TPSA) is 103 Å². The standard InChI is InChI=1S/C20H15N5O3/c1-13-11-18-19(23-24(22-18)15-5-3-2-4-6-15)12-17(13)21-20(26)14-7-9-16(10-8-14)25(27)28/h2-12H,1H3,(H,21,26). The van der Waals surface area contributed by atoms with Crippen LogP contribution in [0.15, 0.2) is 66.7 Å². The van der Waals surface area contributed by atoms with Crippen LogP contribution in [0.5, 0.6) is 0 Å². The largest absolute Gasteiger partial charge is 0.322 e. The van der Waals surface area contributed by atoms with Crippen LogP contribution in [0.25, 0.3) is 16.7 Å². The van der Waals surface area contributed by atoms with E-state index in [1.165, 1.54) is 24.3 Å². The number of nitrogens with zero attached hydrogens (tertiary/aromatic N) is 4. The van der Waals surface area contributed by atoms with E-state index in [9.17, 15) is 14.9 Å². The third-order valence-corrected chi connectivity index (χ3v) is 4.30. The third-order valence-electron chi connectivity index (χ3n) is 4.30. The van der Waals surface area contributed by atoms with Gasteiger partial charge in [-0.1, -0.05) is 18.2 Å². The van der Waals surface area contributed by atoms with Gasteiger partial charge in [0, 0.05) is 23.4 Å². The van der Waals surface area contributed by atoms with E-state index in [4.69, 9.17) is 0 Å². The Morgan fingerprint density at radius 1 is 1.00 bits per heavy atom. The summed E-state index contributed by atoms with van der Waals surface area (Å²) in [6.45, 7) is 1.87. The number of carbonyl (C=O) groups excluding carboxylic acids is 1. The lowest BCUT2D eigenvalue weighted by Gasteiger charge is -2.08. The molecule has 0 saturated heterocycles. The van der Waals surface area contributed by atoms with E-state index < -0.39 is 4.92 Å². The number of para-hydroxylation sites is 1. The summed E-state index contributed by atoms with van der Waals surface area (Å²) >= 11 is 0. The Morgan fingerprint density at radius 2 is 1.64 bits per heavy atom. The molecule has 0 atom stereocenters. The highest BCUT2D eigenvalue weighted by Gasteiger charge is 2.13. The van der Waals surface area contributed by atoms with E-state index >= 15 is 0 Å². The highest BCUT2D eigenvalue weighted by atomic mass is 16.6. The molecule has 0 spiro atoms. The van der Waals surface area contributed by atoms with Gasteiger partial charge in [0.25, 0.3) is 11.6 Å². The lowest BCUT2D eigenvalue weighted by atomic mass is 10.1. The Morgan fingerprint density at radius 3 is 2.29 bits per heavy atom. The van der Waals surface area contributed by atoms with Crippen molar-refractivity contribution >= 4 is 28.3 Å². The molecule has 1 heterocycles. The number of fused-ring (bicyclic) bond motifs is 1. The molecule has 1 N–H and O–H groups in total. The zero-order valence-electron chi connectivity index (χ0n) is 14.9. The molecule has 8 heteroatoms. The first kappa shape index (κ1) is 17.3. The Labute approximate surface area is 159 Å². The van der Waals surface area contributed by atoms with Gasteiger partial charge in [-0.25, -0.2) is 0 Å². The van der Waals surface area contributed by atoms with Crippen molar-refractivity contribution in [3.8, 4) is 5.69 Å². The van der Waals surface area contributed by atoms with Crippen molar-refractivity contribution in [2.75, 3.05) is 5.32 Å². The predicted molar refractivity (Wildman–Crippen MR) is 105 cm³/mol.